The lowest BCUT2D eigenvalue weighted by Crippen LogP contribution is -2.28. The van der Waals surface area contributed by atoms with Gasteiger partial charge in [0.2, 0.25) is 10.0 Å². The van der Waals surface area contributed by atoms with Crippen LogP contribution in [0, 0.1) is 0 Å². The molecule has 0 fully saturated rings. The summed E-state index contributed by atoms with van der Waals surface area (Å²) < 4.78 is 41.8. The molecule has 3 aromatic rings. The Morgan fingerprint density at radius 3 is 2.38 bits per heavy atom. The average Bonchev–Trinajstić information content (AvgIpc) is 3.19. The van der Waals surface area contributed by atoms with E-state index in [9.17, 15) is 8.42 Å². The van der Waals surface area contributed by atoms with Crippen molar-refractivity contribution in [2.45, 2.75) is 31.3 Å². The van der Waals surface area contributed by atoms with E-state index < -0.39 is 16.1 Å². The van der Waals surface area contributed by atoms with Crippen LogP contribution < -0.4 is 14.2 Å². The Morgan fingerprint density at radius 1 is 1.09 bits per heavy atom. The first-order chi connectivity index (χ1) is 16.1. The Balaban J connectivity index is 1.71. The van der Waals surface area contributed by atoms with Crippen LogP contribution in [0.25, 0.3) is 0 Å². The number of aromatic nitrogens is 2. The molecular weight excluding hydrogens is 499 g/mol. The van der Waals surface area contributed by atoms with Gasteiger partial charge in [0, 0.05) is 13.1 Å². The van der Waals surface area contributed by atoms with Crippen LogP contribution in [0.4, 0.5) is 0 Å². The van der Waals surface area contributed by atoms with Crippen molar-refractivity contribution in [1.82, 2.24) is 19.2 Å². The van der Waals surface area contributed by atoms with E-state index in [2.05, 4.69) is 9.71 Å². The van der Waals surface area contributed by atoms with Gasteiger partial charge in [-0.1, -0.05) is 23.2 Å². The molecule has 0 radical (unpaired) electrons. The molecule has 184 valence electrons. The summed E-state index contributed by atoms with van der Waals surface area (Å²) in [6.45, 7) is 5.62. The molecular formula is C23H28Cl2N4O4S. The van der Waals surface area contributed by atoms with Gasteiger partial charge in [0.05, 0.1) is 32.9 Å². The molecule has 34 heavy (non-hydrogen) atoms. The van der Waals surface area contributed by atoms with Crippen molar-refractivity contribution in [2.75, 3.05) is 27.2 Å². The zero-order valence-electron chi connectivity index (χ0n) is 19.5. The lowest BCUT2D eigenvalue weighted by atomic mass is 10.3. The van der Waals surface area contributed by atoms with E-state index in [1.54, 1.807) is 25.3 Å². The van der Waals surface area contributed by atoms with Gasteiger partial charge in [0.1, 0.15) is 18.1 Å². The smallest absolute Gasteiger partial charge is 0.302 e. The van der Waals surface area contributed by atoms with Crippen LogP contribution in [0.3, 0.4) is 0 Å². The molecule has 0 aliphatic heterocycles. The Hall–Kier alpha value is -2.30. The molecule has 0 amide bonds. The van der Waals surface area contributed by atoms with Gasteiger partial charge in [-0.2, -0.15) is 0 Å². The monoisotopic (exact) mass is 526 g/mol. The fourth-order valence-corrected chi connectivity index (χ4v) is 4.78. The topological polar surface area (TPSA) is 85.7 Å². The molecule has 3 rings (SSSR count). The Labute approximate surface area is 210 Å². The second kappa shape index (κ2) is 11.4. The second-order valence-corrected chi connectivity index (χ2v) is 10.4. The lowest BCUT2D eigenvalue weighted by molar-refractivity contribution is 0.261. The minimum atomic E-state index is -3.83. The molecule has 0 aliphatic rings. The van der Waals surface area contributed by atoms with Crippen LogP contribution in [-0.2, 0) is 16.6 Å². The maximum atomic E-state index is 12.8. The molecule has 0 saturated heterocycles. The van der Waals surface area contributed by atoms with Gasteiger partial charge in [-0.05, 0) is 70.4 Å². The number of halogens is 2. The highest BCUT2D eigenvalue weighted by Gasteiger charge is 2.23. The minimum absolute atomic E-state index is 0.0284. The number of hydrogen-bond acceptors (Lipinski definition) is 6. The second-order valence-electron chi connectivity index (χ2n) is 7.85. The van der Waals surface area contributed by atoms with Crippen molar-refractivity contribution < 1.29 is 17.9 Å². The third-order valence-corrected chi connectivity index (χ3v) is 7.26. The van der Waals surface area contributed by atoms with Crippen LogP contribution in [0.1, 0.15) is 25.6 Å². The fourth-order valence-electron chi connectivity index (χ4n) is 3.18. The number of nitrogens with zero attached hydrogens (tertiary/aromatic N) is 3. The summed E-state index contributed by atoms with van der Waals surface area (Å²) in [4.78, 5) is 6.43. The zero-order valence-corrected chi connectivity index (χ0v) is 21.8. The third-order valence-electron chi connectivity index (χ3n) is 4.98. The van der Waals surface area contributed by atoms with Crippen LogP contribution >= 0.6 is 23.2 Å². The lowest BCUT2D eigenvalue weighted by Gasteiger charge is -2.17. The van der Waals surface area contributed by atoms with Crippen molar-refractivity contribution in [2.24, 2.45) is 0 Å². The highest BCUT2D eigenvalue weighted by Crippen LogP contribution is 2.28. The van der Waals surface area contributed by atoms with Gasteiger partial charge < -0.3 is 14.4 Å². The first kappa shape index (κ1) is 26.3. The number of benzene rings is 2. The van der Waals surface area contributed by atoms with Crippen molar-refractivity contribution in [3.05, 3.63) is 64.4 Å². The zero-order chi connectivity index (χ0) is 24.9. The number of likely N-dealkylation sites (N-methyl/N-ethyl adjacent to an activating group) is 1. The maximum Gasteiger partial charge on any atom is 0.302 e. The fraction of sp³-hybridized carbons (Fsp3) is 0.348. The van der Waals surface area contributed by atoms with Crippen molar-refractivity contribution in [3.8, 4) is 17.5 Å². The Kier molecular flexibility index (Phi) is 8.83. The van der Waals surface area contributed by atoms with E-state index in [-0.39, 0.29) is 14.9 Å². The van der Waals surface area contributed by atoms with Crippen molar-refractivity contribution in [3.63, 3.8) is 0 Å². The van der Waals surface area contributed by atoms with E-state index in [0.29, 0.717) is 30.6 Å². The molecule has 1 heterocycles. The maximum absolute atomic E-state index is 12.8. The number of rotatable bonds is 11. The standard InChI is InChI=1S/C23H28Cl2N4O4S/c1-5-29-22(16(2)27-34(30,31)19-10-11-20(24)21(25)14-19)15-26-23(29)33-18-8-6-17(7-9-18)32-13-12-28(3)4/h6-11,14-16,27H,5,12-13H2,1-4H3. The van der Waals surface area contributed by atoms with Crippen LogP contribution in [-0.4, -0.2) is 50.1 Å². The molecule has 0 bridgehead atoms. The molecule has 0 aliphatic carbocycles. The van der Waals surface area contributed by atoms with Gasteiger partial charge in [0.15, 0.2) is 0 Å². The summed E-state index contributed by atoms with van der Waals surface area (Å²) in [5.74, 6) is 1.34. The summed E-state index contributed by atoms with van der Waals surface area (Å²) in [5.41, 5.74) is 0.657. The SMILES string of the molecule is CCn1c(C(C)NS(=O)(=O)c2ccc(Cl)c(Cl)c2)cnc1Oc1ccc(OCCN(C)C)cc1. The summed E-state index contributed by atoms with van der Waals surface area (Å²) in [6.07, 6.45) is 1.60. The molecule has 1 aromatic heterocycles. The van der Waals surface area contributed by atoms with Crippen LogP contribution in [0.15, 0.2) is 53.6 Å². The quantitative estimate of drug-likeness (QED) is 0.379. The predicted octanol–water partition coefficient (Wildman–Crippen LogP) is 4.98. The largest absolute Gasteiger partial charge is 0.492 e. The minimum Gasteiger partial charge on any atom is -0.492 e. The van der Waals surface area contributed by atoms with E-state index in [1.165, 1.54) is 18.2 Å². The number of ether oxygens (including phenoxy) is 2. The normalized spacial score (nSPS) is 12.7. The van der Waals surface area contributed by atoms with E-state index in [4.69, 9.17) is 32.7 Å². The number of imidazole rings is 1. The van der Waals surface area contributed by atoms with Gasteiger partial charge in [0.25, 0.3) is 0 Å². The summed E-state index contributed by atoms with van der Waals surface area (Å²) in [6, 6.07) is 11.2. The molecule has 1 unspecified atom stereocenters. The van der Waals surface area contributed by atoms with Gasteiger partial charge in [-0.25, -0.2) is 18.1 Å². The molecule has 1 N–H and O–H groups in total. The summed E-state index contributed by atoms with van der Waals surface area (Å²) in [7, 11) is 0.148. The van der Waals surface area contributed by atoms with E-state index >= 15 is 0 Å². The molecule has 0 spiro atoms. The molecule has 8 nitrogen and oxygen atoms in total. The van der Waals surface area contributed by atoms with Crippen molar-refractivity contribution in [1.29, 1.82) is 0 Å². The molecule has 11 heteroatoms. The van der Waals surface area contributed by atoms with Crippen LogP contribution in [0.2, 0.25) is 10.0 Å². The van der Waals surface area contributed by atoms with Gasteiger partial charge in [-0.3, -0.25) is 4.57 Å². The molecule has 1 atom stereocenters. The Bertz CT molecular complexity index is 1210. The van der Waals surface area contributed by atoms with Gasteiger partial charge in [-0.15, -0.1) is 0 Å². The highest BCUT2D eigenvalue weighted by molar-refractivity contribution is 7.89. The molecule has 2 aromatic carbocycles. The summed E-state index contributed by atoms with van der Waals surface area (Å²) in [5, 5.41) is 0.452. The number of nitrogens with one attached hydrogen (secondary N) is 1. The van der Waals surface area contributed by atoms with E-state index in [1.807, 2.05) is 42.6 Å². The van der Waals surface area contributed by atoms with E-state index in [0.717, 1.165) is 12.3 Å². The molecule has 0 saturated carbocycles. The average molecular weight is 527 g/mol. The van der Waals surface area contributed by atoms with Gasteiger partial charge >= 0.3 is 6.01 Å². The predicted molar refractivity (Wildman–Crippen MR) is 134 cm³/mol. The Morgan fingerprint density at radius 2 is 1.76 bits per heavy atom. The number of sulfonamides is 1. The van der Waals surface area contributed by atoms with Crippen molar-refractivity contribution >= 4 is 33.2 Å². The summed E-state index contributed by atoms with van der Waals surface area (Å²) >= 11 is 11.9. The first-order valence-corrected chi connectivity index (χ1v) is 12.9. The first-order valence-electron chi connectivity index (χ1n) is 10.7. The van der Waals surface area contributed by atoms with Crippen LogP contribution in [0.5, 0.6) is 17.5 Å². The highest BCUT2D eigenvalue weighted by atomic mass is 35.5. The third kappa shape index (κ3) is 6.64. The number of hydrogen-bond donors (Lipinski definition) is 1.